The van der Waals surface area contributed by atoms with Gasteiger partial charge in [-0.15, -0.1) is 0 Å². The average molecular weight is 405 g/mol. The summed E-state index contributed by atoms with van der Waals surface area (Å²) in [5, 5.41) is 4.22. The van der Waals surface area contributed by atoms with Crippen LogP contribution in [0.3, 0.4) is 0 Å². The highest BCUT2D eigenvalue weighted by Crippen LogP contribution is 2.30. The molecule has 0 spiro atoms. The van der Waals surface area contributed by atoms with Gasteiger partial charge >= 0.3 is 0 Å². The zero-order valence-corrected chi connectivity index (χ0v) is 17.5. The Balaban J connectivity index is 2.08. The molecule has 1 aromatic heterocycles. The summed E-state index contributed by atoms with van der Waals surface area (Å²) >= 11 is 6.44. The number of ketones is 1. The van der Waals surface area contributed by atoms with E-state index in [0.29, 0.717) is 34.6 Å². The summed E-state index contributed by atoms with van der Waals surface area (Å²) in [4.78, 5) is 41.0. The van der Waals surface area contributed by atoms with Crippen molar-refractivity contribution in [1.82, 2.24) is 19.7 Å². The maximum Gasteiger partial charge on any atom is 0.294 e. The number of rotatable bonds is 3. The van der Waals surface area contributed by atoms with Gasteiger partial charge in [0.25, 0.3) is 17.6 Å². The standard InChI is InChI=1S/C20H25ClN4O3/c1-11-9-25(12(2)8-22-11)19(27)14-6-13-15(18(26)20(28)23(3)4)10-24(5)17(13)7-16(14)21/h6-7,10-12,22H,8-9H2,1-5H3. The normalized spacial score (nSPS) is 19.7. The van der Waals surface area contributed by atoms with Crippen LogP contribution in [0.1, 0.15) is 34.6 Å². The Morgan fingerprint density at radius 1 is 1.18 bits per heavy atom. The minimum absolute atomic E-state index is 0.0302. The third-order valence-electron chi connectivity index (χ3n) is 5.18. The average Bonchev–Trinajstić information content (AvgIpc) is 2.97. The van der Waals surface area contributed by atoms with E-state index in [1.807, 2.05) is 13.8 Å². The van der Waals surface area contributed by atoms with Crippen molar-refractivity contribution in [1.29, 1.82) is 0 Å². The van der Waals surface area contributed by atoms with E-state index in [4.69, 9.17) is 11.6 Å². The molecule has 2 atom stereocenters. The first-order chi connectivity index (χ1) is 13.1. The molecule has 1 saturated heterocycles. The molecule has 2 amide bonds. The fraction of sp³-hybridized carbons (Fsp3) is 0.450. The van der Waals surface area contributed by atoms with Crippen molar-refractivity contribution in [2.24, 2.45) is 7.05 Å². The highest BCUT2D eigenvalue weighted by molar-refractivity contribution is 6.45. The van der Waals surface area contributed by atoms with Crippen molar-refractivity contribution in [3.8, 4) is 0 Å². The van der Waals surface area contributed by atoms with Gasteiger partial charge in [0.15, 0.2) is 0 Å². The predicted octanol–water partition coefficient (Wildman–Crippen LogP) is 1.92. The molecular formula is C20H25ClN4O3. The van der Waals surface area contributed by atoms with E-state index in [2.05, 4.69) is 5.32 Å². The number of aryl methyl sites for hydroxylation is 1. The van der Waals surface area contributed by atoms with Gasteiger partial charge in [0.05, 0.1) is 21.7 Å². The first-order valence-electron chi connectivity index (χ1n) is 9.20. The van der Waals surface area contributed by atoms with Gasteiger partial charge in [-0.3, -0.25) is 14.4 Å². The molecule has 0 saturated carbocycles. The molecule has 2 unspecified atom stereocenters. The molecular weight excluding hydrogens is 380 g/mol. The van der Waals surface area contributed by atoms with Gasteiger partial charge in [0.1, 0.15) is 0 Å². The molecule has 1 fully saturated rings. The topological polar surface area (TPSA) is 74.7 Å². The minimum Gasteiger partial charge on any atom is -0.350 e. The summed E-state index contributed by atoms with van der Waals surface area (Å²) < 4.78 is 1.74. The van der Waals surface area contributed by atoms with Gasteiger partial charge in [-0.2, -0.15) is 0 Å². The number of benzene rings is 1. The van der Waals surface area contributed by atoms with Crippen molar-refractivity contribution >= 4 is 40.1 Å². The molecule has 28 heavy (non-hydrogen) atoms. The largest absolute Gasteiger partial charge is 0.350 e. The van der Waals surface area contributed by atoms with E-state index in [0.717, 1.165) is 0 Å². The van der Waals surface area contributed by atoms with Crippen LogP contribution in [0.4, 0.5) is 0 Å². The Morgan fingerprint density at radius 2 is 1.86 bits per heavy atom. The van der Waals surface area contributed by atoms with Crippen LogP contribution in [-0.4, -0.2) is 71.2 Å². The summed E-state index contributed by atoms with van der Waals surface area (Å²) in [6.45, 7) is 5.29. The number of carbonyl (C=O) groups is 3. The lowest BCUT2D eigenvalue weighted by atomic mass is 10.0. The van der Waals surface area contributed by atoms with Gasteiger partial charge < -0.3 is 19.7 Å². The number of fused-ring (bicyclic) bond motifs is 1. The fourth-order valence-electron chi connectivity index (χ4n) is 3.53. The van der Waals surface area contributed by atoms with Crippen LogP contribution in [0.5, 0.6) is 0 Å². The summed E-state index contributed by atoms with van der Waals surface area (Å²) in [7, 11) is 4.84. The molecule has 150 valence electrons. The lowest BCUT2D eigenvalue weighted by Crippen LogP contribution is -2.56. The SMILES string of the molecule is CC1CN(C(=O)c2cc3c(C(=O)C(=O)N(C)C)cn(C)c3cc2Cl)C(C)CN1. The number of nitrogens with zero attached hydrogens (tertiary/aromatic N) is 3. The second-order valence-corrected chi connectivity index (χ2v) is 8.05. The quantitative estimate of drug-likeness (QED) is 0.626. The molecule has 1 aliphatic rings. The smallest absolute Gasteiger partial charge is 0.294 e. The van der Waals surface area contributed by atoms with Crippen LogP contribution >= 0.6 is 11.6 Å². The summed E-state index contributed by atoms with van der Waals surface area (Å²) in [5.41, 5.74) is 1.30. The van der Waals surface area contributed by atoms with Crippen LogP contribution < -0.4 is 5.32 Å². The summed E-state index contributed by atoms with van der Waals surface area (Å²) in [6.07, 6.45) is 1.61. The molecule has 0 radical (unpaired) electrons. The molecule has 1 aliphatic heterocycles. The number of amides is 2. The first kappa shape index (κ1) is 20.4. The number of nitrogens with one attached hydrogen (secondary N) is 1. The molecule has 3 rings (SSSR count). The van der Waals surface area contributed by atoms with E-state index in [1.165, 1.54) is 19.0 Å². The van der Waals surface area contributed by atoms with Crippen molar-refractivity contribution in [3.63, 3.8) is 0 Å². The van der Waals surface area contributed by atoms with Gasteiger partial charge in [-0.1, -0.05) is 11.6 Å². The van der Waals surface area contributed by atoms with E-state index in [-0.39, 0.29) is 23.6 Å². The van der Waals surface area contributed by atoms with Gasteiger partial charge in [-0.25, -0.2) is 0 Å². The second-order valence-electron chi connectivity index (χ2n) is 7.65. The monoisotopic (exact) mass is 404 g/mol. The second kappa shape index (κ2) is 7.56. The van der Waals surface area contributed by atoms with Crippen LogP contribution in [0.15, 0.2) is 18.3 Å². The van der Waals surface area contributed by atoms with Crippen LogP contribution in [0.25, 0.3) is 10.9 Å². The lowest BCUT2D eigenvalue weighted by Gasteiger charge is -2.37. The highest BCUT2D eigenvalue weighted by Gasteiger charge is 2.30. The van der Waals surface area contributed by atoms with Crippen LogP contribution in [-0.2, 0) is 11.8 Å². The number of hydrogen-bond acceptors (Lipinski definition) is 4. The number of halogens is 1. The zero-order chi connectivity index (χ0) is 20.7. The first-order valence-corrected chi connectivity index (χ1v) is 9.58. The Kier molecular flexibility index (Phi) is 5.50. The van der Waals surface area contributed by atoms with Gasteiger partial charge in [0.2, 0.25) is 0 Å². The molecule has 8 heteroatoms. The third-order valence-corrected chi connectivity index (χ3v) is 5.49. The highest BCUT2D eigenvalue weighted by atomic mass is 35.5. The maximum atomic E-state index is 13.2. The Labute approximate surface area is 169 Å². The number of carbonyl (C=O) groups excluding carboxylic acids is 3. The van der Waals surface area contributed by atoms with Crippen molar-refractivity contribution in [2.45, 2.75) is 25.9 Å². The number of Topliss-reactive ketones (excluding diaryl/α,β-unsaturated/α-hetero) is 1. The summed E-state index contributed by atoms with van der Waals surface area (Å²) in [6, 6.07) is 3.53. The summed E-state index contributed by atoms with van der Waals surface area (Å²) in [5.74, 6) is -1.39. The van der Waals surface area contributed by atoms with E-state index >= 15 is 0 Å². The van der Waals surface area contributed by atoms with Crippen LogP contribution in [0.2, 0.25) is 5.02 Å². The predicted molar refractivity (Wildman–Crippen MR) is 109 cm³/mol. The van der Waals surface area contributed by atoms with E-state index in [1.54, 1.807) is 34.8 Å². The van der Waals surface area contributed by atoms with Crippen molar-refractivity contribution in [3.05, 3.63) is 34.5 Å². The van der Waals surface area contributed by atoms with Crippen LogP contribution in [0, 0.1) is 0 Å². The van der Waals surface area contributed by atoms with Crippen molar-refractivity contribution in [2.75, 3.05) is 27.2 Å². The number of piperazine rings is 1. The maximum absolute atomic E-state index is 13.2. The molecule has 2 aromatic rings. The number of likely N-dealkylation sites (N-methyl/N-ethyl adjacent to an activating group) is 1. The third kappa shape index (κ3) is 3.52. The Morgan fingerprint density at radius 3 is 2.50 bits per heavy atom. The molecule has 2 heterocycles. The Hall–Kier alpha value is -2.38. The molecule has 0 aliphatic carbocycles. The Bertz CT molecular complexity index is 966. The fourth-order valence-corrected chi connectivity index (χ4v) is 3.76. The van der Waals surface area contributed by atoms with Gasteiger partial charge in [0, 0.05) is 57.9 Å². The van der Waals surface area contributed by atoms with Crippen molar-refractivity contribution < 1.29 is 14.4 Å². The molecule has 1 N–H and O–H groups in total. The van der Waals surface area contributed by atoms with E-state index in [9.17, 15) is 14.4 Å². The van der Waals surface area contributed by atoms with E-state index < -0.39 is 11.7 Å². The zero-order valence-electron chi connectivity index (χ0n) is 16.7. The van der Waals surface area contributed by atoms with Gasteiger partial charge in [-0.05, 0) is 26.0 Å². The number of hydrogen-bond donors (Lipinski definition) is 1. The minimum atomic E-state index is -0.611. The lowest BCUT2D eigenvalue weighted by molar-refractivity contribution is -0.124. The molecule has 0 bridgehead atoms. The number of aromatic nitrogens is 1. The molecule has 7 nitrogen and oxygen atoms in total. The molecule has 1 aromatic carbocycles.